The predicted molar refractivity (Wildman–Crippen MR) is 200 cm³/mol. The van der Waals surface area contributed by atoms with Crippen molar-refractivity contribution in [3.63, 3.8) is 0 Å². The number of ether oxygens (including phenoxy) is 1. The number of anilines is 1. The van der Waals surface area contributed by atoms with Crippen molar-refractivity contribution in [2.75, 3.05) is 19.3 Å². The number of fused-ring (bicyclic) bond motifs is 5. The Hall–Kier alpha value is -5.39. The number of aryl methyl sites for hydroxylation is 1. The Morgan fingerprint density at radius 3 is 2.77 bits per heavy atom. The zero-order chi connectivity index (χ0) is 36.4. The second-order valence-electron chi connectivity index (χ2n) is 14.6. The first-order valence-corrected chi connectivity index (χ1v) is 19.2. The van der Waals surface area contributed by atoms with E-state index in [9.17, 15) is 10.1 Å². The van der Waals surface area contributed by atoms with Gasteiger partial charge in [0.25, 0.3) is 5.56 Å². The van der Waals surface area contributed by atoms with Crippen molar-refractivity contribution in [2.24, 2.45) is 0 Å². The van der Waals surface area contributed by atoms with Crippen LogP contribution in [-0.4, -0.2) is 65.1 Å². The highest BCUT2D eigenvalue weighted by atomic mass is 32.1. The maximum absolute atomic E-state index is 13.8. The average molecular weight is 729 g/mol. The van der Waals surface area contributed by atoms with Crippen LogP contribution in [0, 0.1) is 11.3 Å². The fraction of sp³-hybridized carbons (Fsp3) is 0.410. The van der Waals surface area contributed by atoms with Crippen LogP contribution in [0.2, 0.25) is 0 Å². The zero-order valence-electron chi connectivity index (χ0n) is 30.0. The van der Waals surface area contributed by atoms with Crippen LogP contribution in [-0.2, 0) is 18.3 Å². The van der Waals surface area contributed by atoms with Crippen molar-refractivity contribution >= 4 is 27.2 Å². The van der Waals surface area contributed by atoms with E-state index in [0.29, 0.717) is 44.7 Å². The number of pyridine rings is 2. The van der Waals surface area contributed by atoms with Crippen LogP contribution >= 0.6 is 11.3 Å². The largest absolute Gasteiger partial charge is 0.473 e. The summed E-state index contributed by atoms with van der Waals surface area (Å²) >= 11 is 1.52. The molecule has 6 aromatic heterocycles. The molecule has 2 aliphatic carbocycles. The van der Waals surface area contributed by atoms with E-state index in [2.05, 4.69) is 35.1 Å². The molecule has 4 atom stereocenters. The SMILES string of the molecule is C[C@H](Oc1cc(-n2cc3ccn([C@@H](C)c4ccccn4)c(=O)c3n2)nc(-c2noc3c2CCC[C@@]32CCCc3sc(N)c(C#N)c32)n1)[C@@H]1CCCN1C. The highest BCUT2D eigenvalue weighted by molar-refractivity contribution is 7.16. The lowest BCUT2D eigenvalue weighted by molar-refractivity contribution is 0.117. The Morgan fingerprint density at radius 2 is 2.00 bits per heavy atom. The van der Waals surface area contributed by atoms with Gasteiger partial charge in [-0.3, -0.25) is 14.7 Å². The first-order valence-electron chi connectivity index (χ1n) is 18.3. The third-order valence-electron chi connectivity index (χ3n) is 11.5. The number of nitrogens with two attached hydrogens (primary N) is 1. The van der Waals surface area contributed by atoms with Gasteiger partial charge in [0.2, 0.25) is 5.88 Å². The molecule has 1 aliphatic heterocycles. The molecule has 3 aliphatic rings. The topological polar surface area (TPSA) is 167 Å². The summed E-state index contributed by atoms with van der Waals surface area (Å²) in [5, 5.41) is 20.8. The molecule has 13 nitrogen and oxygen atoms in total. The van der Waals surface area contributed by atoms with Crippen LogP contribution in [0.1, 0.15) is 91.4 Å². The summed E-state index contributed by atoms with van der Waals surface area (Å²) in [5.74, 6) is 1.96. The number of nitrogens with zero attached hydrogens (tertiary/aromatic N) is 9. The van der Waals surface area contributed by atoms with Crippen molar-refractivity contribution in [2.45, 2.75) is 88.8 Å². The van der Waals surface area contributed by atoms with Crippen molar-refractivity contribution < 1.29 is 9.26 Å². The summed E-state index contributed by atoms with van der Waals surface area (Å²) in [4.78, 5) is 31.7. The molecule has 1 spiro atoms. The van der Waals surface area contributed by atoms with Crippen molar-refractivity contribution in [3.05, 3.63) is 92.3 Å². The van der Waals surface area contributed by atoms with Crippen LogP contribution in [0.3, 0.4) is 0 Å². The molecule has 6 aromatic rings. The van der Waals surface area contributed by atoms with Gasteiger partial charge in [-0.2, -0.15) is 15.3 Å². The number of hydrogen-bond acceptors (Lipinski definition) is 12. The lowest BCUT2D eigenvalue weighted by Gasteiger charge is -2.39. The summed E-state index contributed by atoms with van der Waals surface area (Å²) in [6, 6.07) is 11.7. The van der Waals surface area contributed by atoms with Crippen LogP contribution in [0.25, 0.3) is 28.2 Å². The van der Waals surface area contributed by atoms with Gasteiger partial charge in [0, 0.05) is 46.5 Å². The second kappa shape index (κ2) is 12.9. The maximum Gasteiger partial charge on any atom is 0.279 e. The quantitative estimate of drug-likeness (QED) is 0.206. The number of nitriles is 1. The number of likely N-dealkylation sites (tertiary alicyclic amines) is 1. The van der Waals surface area contributed by atoms with Crippen LogP contribution in [0.5, 0.6) is 5.88 Å². The van der Waals surface area contributed by atoms with Crippen LogP contribution in [0.4, 0.5) is 5.00 Å². The van der Waals surface area contributed by atoms with Crippen molar-refractivity contribution in [1.82, 2.24) is 39.4 Å². The van der Waals surface area contributed by atoms with Gasteiger partial charge in [-0.05, 0) is 103 Å². The van der Waals surface area contributed by atoms with Gasteiger partial charge in [-0.25, -0.2) is 9.67 Å². The molecule has 0 radical (unpaired) electrons. The number of thiophene rings is 1. The van der Waals surface area contributed by atoms with Gasteiger partial charge < -0.3 is 19.6 Å². The average Bonchev–Trinajstić information content (AvgIpc) is 3.97. The van der Waals surface area contributed by atoms with Crippen LogP contribution < -0.4 is 16.0 Å². The molecule has 53 heavy (non-hydrogen) atoms. The standard InChI is InChI=1S/C39H40N10O3S/c1-22(27-10-4-5-16-42-27)48-18-13-24-21-49(45-33(24)38(48)50)30-19-31(51-23(2)28-11-8-17-47(28)3)44-37(43-30)34-25-9-6-14-39(35(25)52-46-34)15-7-12-29-32(39)26(20-40)36(41)53-29/h4-5,10,13,16,18-19,21-23,28H,6-9,11-12,14-15,17,41H2,1-3H3/t22-,23-,28-,39-/m0/s1. The van der Waals surface area contributed by atoms with Gasteiger partial charge in [0.1, 0.15) is 17.2 Å². The van der Waals surface area contributed by atoms with Gasteiger partial charge in [-0.1, -0.05) is 11.2 Å². The van der Waals surface area contributed by atoms with E-state index in [-0.39, 0.29) is 23.7 Å². The predicted octanol–water partition coefficient (Wildman–Crippen LogP) is 5.97. The lowest BCUT2D eigenvalue weighted by Crippen LogP contribution is -2.38. The summed E-state index contributed by atoms with van der Waals surface area (Å²) in [7, 11) is 2.12. The lowest BCUT2D eigenvalue weighted by atomic mass is 9.63. The Labute approximate surface area is 310 Å². The third kappa shape index (κ3) is 5.44. The Kier molecular flexibility index (Phi) is 8.16. The Bertz CT molecular complexity index is 2460. The molecule has 2 N–H and O–H groups in total. The highest BCUT2D eigenvalue weighted by Gasteiger charge is 2.49. The van der Waals surface area contributed by atoms with Gasteiger partial charge in [0.15, 0.2) is 28.6 Å². The number of likely N-dealkylation sites (N-methyl/N-ethyl adjacent to an activating group) is 1. The van der Waals surface area contributed by atoms with E-state index in [1.165, 1.54) is 11.3 Å². The summed E-state index contributed by atoms with van der Waals surface area (Å²) in [5.41, 5.74) is 9.86. The molecule has 0 amide bonds. The van der Waals surface area contributed by atoms with E-state index in [1.54, 1.807) is 33.9 Å². The number of nitrogen functional groups attached to an aromatic ring is 1. The van der Waals surface area contributed by atoms with E-state index in [1.807, 2.05) is 31.2 Å². The van der Waals surface area contributed by atoms with E-state index >= 15 is 0 Å². The van der Waals surface area contributed by atoms with E-state index in [4.69, 9.17) is 30.1 Å². The fourth-order valence-electron chi connectivity index (χ4n) is 8.93. The molecule has 9 rings (SSSR count). The molecule has 0 aromatic carbocycles. The van der Waals surface area contributed by atoms with E-state index in [0.717, 1.165) is 85.4 Å². The maximum atomic E-state index is 13.8. The van der Waals surface area contributed by atoms with Gasteiger partial charge in [0.05, 0.1) is 22.7 Å². The van der Waals surface area contributed by atoms with Crippen molar-refractivity contribution in [3.8, 4) is 29.3 Å². The number of aromatic nitrogens is 7. The zero-order valence-corrected chi connectivity index (χ0v) is 30.8. The van der Waals surface area contributed by atoms with Crippen molar-refractivity contribution in [1.29, 1.82) is 5.26 Å². The third-order valence-corrected chi connectivity index (χ3v) is 12.6. The summed E-state index contributed by atoms with van der Waals surface area (Å²) < 4.78 is 16.1. The second-order valence-corrected chi connectivity index (χ2v) is 15.8. The fourth-order valence-corrected chi connectivity index (χ4v) is 10.1. The Morgan fingerprint density at radius 1 is 1.15 bits per heavy atom. The normalized spacial score (nSPS) is 21.0. The van der Waals surface area contributed by atoms with E-state index < -0.39 is 5.41 Å². The Balaban J connectivity index is 1.16. The minimum absolute atomic E-state index is 0.140. The molecule has 270 valence electrons. The molecule has 1 fully saturated rings. The molecule has 0 saturated carbocycles. The number of rotatable bonds is 7. The molecule has 7 heterocycles. The molecule has 0 bridgehead atoms. The monoisotopic (exact) mass is 728 g/mol. The highest BCUT2D eigenvalue weighted by Crippen LogP contribution is 2.55. The van der Waals surface area contributed by atoms with Gasteiger partial charge in [-0.15, -0.1) is 11.3 Å². The molecule has 14 heteroatoms. The summed E-state index contributed by atoms with van der Waals surface area (Å²) in [6.07, 6.45) is 12.5. The minimum atomic E-state index is -0.476. The number of hydrogen-bond donors (Lipinski definition) is 1. The molecular weight excluding hydrogens is 689 g/mol. The smallest absolute Gasteiger partial charge is 0.279 e. The molecule has 1 saturated heterocycles. The minimum Gasteiger partial charge on any atom is -0.473 e. The van der Waals surface area contributed by atoms with Gasteiger partial charge >= 0.3 is 0 Å². The van der Waals surface area contributed by atoms with Crippen LogP contribution in [0.15, 0.2) is 58.2 Å². The first-order chi connectivity index (χ1) is 25.8. The first kappa shape index (κ1) is 33.4. The summed E-state index contributed by atoms with van der Waals surface area (Å²) in [6.45, 7) is 5.04. The molecule has 0 unspecified atom stereocenters. The molecular formula is C39H40N10O3S.